The third-order valence-corrected chi connectivity index (χ3v) is 3.59. The monoisotopic (exact) mass is 195 g/mol. The van der Waals surface area contributed by atoms with Crippen molar-refractivity contribution in [1.29, 1.82) is 5.41 Å². The molecular weight excluding hydrogens is 174 g/mol. The molecular formula is C11H21N3. The van der Waals surface area contributed by atoms with Crippen molar-refractivity contribution in [1.82, 2.24) is 9.80 Å². The van der Waals surface area contributed by atoms with E-state index in [9.17, 15) is 0 Å². The van der Waals surface area contributed by atoms with Gasteiger partial charge in [-0.15, -0.1) is 0 Å². The fourth-order valence-corrected chi connectivity index (χ4v) is 2.50. The topological polar surface area (TPSA) is 30.3 Å². The smallest absolute Gasteiger partial charge is 0.0990 e. The average molecular weight is 195 g/mol. The second kappa shape index (κ2) is 4.30. The van der Waals surface area contributed by atoms with Crippen LogP contribution in [0.2, 0.25) is 0 Å². The van der Waals surface area contributed by atoms with Crippen molar-refractivity contribution in [3.63, 3.8) is 0 Å². The molecule has 3 heteroatoms. The third kappa shape index (κ3) is 2.08. The van der Waals surface area contributed by atoms with Gasteiger partial charge in [0.1, 0.15) is 0 Å². The molecule has 1 aliphatic heterocycles. The Kier molecular flexibility index (Phi) is 3.06. The molecule has 0 bridgehead atoms. The highest BCUT2D eigenvalue weighted by molar-refractivity contribution is 5.82. The van der Waals surface area contributed by atoms with Crippen LogP contribution in [0.1, 0.15) is 25.7 Å². The maximum atomic E-state index is 8.15. The Labute approximate surface area is 86.6 Å². The number of rotatable bonds is 1. The third-order valence-electron chi connectivity index (χ3n) is 3.59. The van der Waals surface area contributed by atoms with E-state index in [1.165, 1.54) is 25.7 Å². The Morgan fingerprint density at radius 3 is 2.21 bits per heavy atom. The van der Waals surface area contributed by atoms with E-state index in [1.807, 2.05) is 0 Å². The number of nitrogens with zero attached hydrogens (tertiary/aromatic N) is 2. The molecule has 1 saturated carbocycles. The van der Waals surface area contributed by atoms with Crippen LogP contribution in [0, 0.1) is 11.3 Å². The molecule has 2 aliphatic rings. The number of amidine groups is 1. The summed E-state index contributed by atoms with van der Waals surface area (Å²) in [5.41, 5.74) is 0. The summed E-state index contributed by atoms with van der Waals surface area (Å²) in [6.45, 7) is 4.36. The van der Waals surface area contributed by atoms with Gasteiger partial charge in [-0.05, 0) is 19.9 Å². The molecule has 80 valence electrons. The normalized spacial score (nSPS) is 25.6. The first kappa shape index (κ1) is 9.97. The molecule has 0 unspecified atom stereocenters. The molecule has 0 atom stereocenters. The zero-order chi connectivity index (χ0) is 9.97. The molecule has 0 aromatic heterocycles. The van der Waals surface area contributed by atoms with Crippen molar-refractivity contribution in [3.05, 3.63) is 0 Å². The van der Waals surface area contributed by atoms with Gasteiger partial charge in [0.2, 0.25) is 0 Å². The largest absolute Gasteiger partial charge is 0.358 e. The van der Waals surface area contributed by atoms with E-state index in [1.54, 1.807) is 0 Å². The van der Waals surface area contributed by atoms with Crippen LogP contribution in [0.4, 0.5) is 0 Å². The highest BCUT2D eigenvalue weighted by Gasteiger charge is 2.25. The van der Waals surface area contributed by atoms with E-state index >= 15 is 0 Å². The highest BCUT2D eigenvalue weighted by atomic mass is 15.3. The lowest BCUT2D eigenvalue weighted by Crippen LogP contribution is -2.48. The van der Waals surface area contributed by atoms with Crippen LogP contribution in [0.3, 0.4) is 0 Å². The minimum Gasteiger partial charge on any atom is -0.358 e. The molecule has 2 rings (SSSR count). The molecule has 0 aromatic carbocycles. The fraction of sp³-hybridized carbons (Fsp3) is 0.909. The van der Waals surface area contributed by atoms with Crippen molar-refractivity contribution in [2.45, 2.75) is 25.7 Å². The van der Waals surface area contributed by atoms with Crippen LogP contribution >= 0.6 is 0 Å². The molecule has 3 nitrogen and oxygen atoms in total. The fourth-order valence-electron chi connectivity index (χ4n) is 2.50. The van der Waals surface area contributed by atoms with Crippen molar-refractivity contribution >= 4 is 5.84 Å². The Balaban J connectivity index is 1.85. The van der Waals surface area contributed by atoms with Crippen LogP contribution in [-0.4, -0.2) is 48.9 Å². The van der Waals surface area contributed by atoms with Crippen LogP contribution < -0.4 is 0 Å². The SMILES string of the molecule is CN1CCN(C(=N)C2CCCC2)CC1. The molecule has 14 heavy (non-hydrogen) atoms. The lowest BCUT2D eigenvalue weighted by molar-refractivity contribution is 0.208. The summed E-state index contributed by atoms with van der Waals surface area (Å²) >= 11 is 0. The number of hydrogen-bond donors (Lipinski definition) is 1. The molecule has 1 N–H and O–H groups in total. The van der Waals surface area contributed by atoms with Gasteiger partial charge in [0.15, 0.2) is 0 Å². The van der Waals surface area contributed by atoms with Gasteiger partial charge >= 0.3 is 0 Å². The summed E-state index contributed by atoms with van der Waals surface area (Å²) in [5.74, 6) is 1.51. The van der Waals surface area contributed by atoms with E-state index in [0.29, 0.717) is 5.92 Å². The van der Waals surface area contributed by atoms with E-state index in [-0.39, 0.29) is 0 Å². The van der Waals surface area contributed by atoms with Gasteiger partial charge in [-0.1, -0.05) is 12.8 Å². The summed E-state index contributed by atoms with van der Waals surface area (Å²) < 4.78 is 0. The summed E-state index contributed by atoms with van der Waals surface area (Å²) in [5, 5.41) is 8.15. The quantitative estimate of drug-likeness (QED) is 0.506. The van der Waals surface area contributed by atoms with Gasteiger partial charge in [0.25, 0.3) is 0 Å². The van der Waals surface area contributed by atoms with Crippen molar-refractivity contribution in [3.8, 4) is 0 Å². The second-order valence-electron chi connectivity index (χ2n) is 4.66. The first-order chi connectivity index (χ1) is 6.77. The van der Waals surface area contributed by atoms with Gasteiger partial charge in [-0.2, -0.15) is 0 Å². The Bertz CT molecular complexity index is 201. The van der Waals surface area contributed by atoms with E-state index in [4.69, 9.17) is 5.41 Å². The number of likely N-dealkylation sites (N-methyl/N-ethyl adjacent to an activating group) is 1. The maximum absolute atomic E-state index is 8.15. The predicted octanol–water partition coefficient (Wildman–Crippen LogP) is 1.40. The Morgan fingerprint density at radius 2 is 1.64 bits per heavy atom. The first-order valence-corrected chi connectivity index (χ1v) is 5.79. The number of nitrogens with one attached hydrogen (secondary N) is 1. The minimum atomic E-state index is 0.582. The first-order valence-electron chi connectivity index (χ1n) is 5.79. The van der Waals surface area contributed by atoms with Crippen LogP contribution in [0.25, 0.3) is 0 Å². The highest BCUT2D eigenvalue weighted by Crippen LogP contribution is 2.26. The van der Waals surface area contributed by atoms with Crippen LogP contribution in [0.15, 0.2) is 0 Å². The summed E-state index contributed by atoms with van der Waals surface area (Å²) in [7, 11) is 2.16. The number of piperazine rings is 1. The molecule has 1 aliphatic carbocycles. The second-order valence-corrected chi connectivity index (χ2v) is 4.66. The lowest BCUT2D eigenvalue weighted by Gasteiger charge is -2.35. The summed E-state index contributed by atoms with van der Waals surface area (Å²) in [6, 6.07) is 0. The van der Waals surface area contributed by atoms with Gasteiger partial charge in [-0.3, -0.25) is 5.41 Å². The van der Waals surface area contributed by atoms with Crippen molar-refractivity contribution in [2.75, 3.05) is 33.2 Å². The van der Waals surface area contributed by atoms with Gasteiger partial charge < -0.3 is 9.80 Å². The van der Waals surface area contributed by atoms with Crippen LogP contribution in [-0.2, 0) is 0 Å². The van der Waals surface area contributed by atoms with E-state index < -0.39 is 0 Å². The Hall–Kier alpha value is -0.570. The molecule has 0 spiro atoms. The maximum Gasteiger partial charge on any atom is 0.0990 e. The summed E-state index contributed by atoms with van der Waals surface area (Å²) in [6.07, 6.45) is 5.18. The molecule has 1 saturated heterocycles. The zero-order valence-corrected chi connectivity index (χ0v) is 9.13. The van der Waals surface area contributed by atoms with Gasteiger partial charge in [0.05, 0.1) is 5.84 Å². The molecule has 2 fully saturated rings. The van der Waals surface area contributed by atoms with Gasteiger partial charge in [0, 0.05) is 32.1 Å². The zero-order valence-electron chi connectivity index (χ0n) is 9.13. The van der Waals surface area contributed by atoms with E-state index in [0.717, 1.165) is 32.0 Å². The molecule has 0 amide bonds. The minimum absolute atomic E-state index is 0.582. The Morgan fingerprint density at radius 1 is 1.07 bits per heavy atom. The molecule has 1 heterocycles. The van der Waals surface area contributed by atoms with Crippen molar-refractivity contribution in [2.24, 2.45) is 5.92 Å². The standard InChI is InChI=1S/C11H21N3/c1-13-6-8-14(9-7-13)11(12)10-4-2-3-5-10/h10,12H,2-9H2,1H3. The predicted molar refractivity (Wildman–Crippen MR) is 58.8 cm³/mol. The average Bonchev–Trinajstić information content (AvgIpc) is 2.71. The van der Waals surface area contributed by atoms with Gasteiger partial charge in [-0.25, -0.2) is 0 Å². The van der Waals surface area contributed by atoms with E-state index in [2.05, 4.69) is 16.8 Å². The number of hydrogen-bond acceptors (Lipinski definition) is 2. The van der Waals surface area contributed by atoms with Crippen LogP contribution in [0.5, 0.6) is 0 Å². The lowest BCUT2D eigenvalue weighted by atomic mass is 10.1. The van der Waals surface area contributed by atoms with Crippen molar-refractivity contribution < 1.29 is 0 Å². The molecule has 0 aromatic rings. The summed E-state index contributed by atoms with van der Waals surface area (Å²) in [4.78, 5) is 4.63. The molecule has 0 radical (unpaired) electrons.